The Hall–Kier alpha value is -1.11. The second kappa shape index (κ2) is 7.35. The van der Waals surface area contributed by atoms with E-state index in [1.54, 1.807) is 0 Å². The Morgan fingerprint density at radius 1 is 1.61 bits per heavy atom. The first kappa shape index (κ1) is 14.9. The van der Waals surface area contributed by atoms with Crippen molar-refractivity contribution in [3.63, 3.8) is 0 Å². The molecule has 0 aromatic carbocycles. The van der Waals surface area contributed by atoms with Gasteiger partial charge in [-0.1, -0.05) is 18.5 Å². The molecule has 1 unspecified atom stereocenters. The molecule has 0 saturated heterocycles. The van der Waals surface area contributed by atoms with E-state index in [9.17, 15) is 9.90 Å². The summed E-state index contributed by atoms with van der Waals surface area (Å²) in [6.07, 6.45) is 2.34. The highest BCUT2D eigenvalue weighted by Gasteiger charge is 2.09. The van der Waals surface area contributed by atoms with Gasteiger partial charge in [0.05, 0.1) is 31.1 Å². The molecular formula is C11H18ClN3O3. The summed E-state index contributed by atoms with van der Waals surface area (Å²) in [6.45, 7) is 2.36. The Labute approximate surface area is 110 Å². The fourth-order valence-electron chi connectivity index (χ4n) is 1.42. The second-order valence-corrected chi connectivity index (χ2v) is 4.28. The van der Waals surface area contributed by atoms with Crippen LogP contribution in [0.3, 0.4) is 0 Å². The van der Waals surface area contributed by atoms with Crippen LogP contribution >= 0.6 is 11.6 Å². The highest BCUT2D eigenvalue weighted by Crippen LogP contribution is 2.15. The zero-order valence-electron chi connectivity index (χ0n) is 10.3. The van der Waals surface area contributed by atoms with Gasteiger partial charge >= 0.3 is 0 Å². The van der Waals surface area contributed by atoms with Crippen molar-refractivity contribution in [1.29, 1.82) is 0 Å². The van der Waals surface area contributed by atoms with Crippen molar-refractivity contribution in [2.24, 2.45) is 0 Å². The van der Waals surface area contributed by atoms with Crippen LogP contribution in [-0.2, 0) is 6.54 Å². The van der Waals surface area contributed by atoms with E-state index < -0.39 is 5.56 Å². The molecule has 0 radical (unpaired) electrons. The molecule has 0 amide bonds. The lowest BCUT2D eigenvalue weighted by molar-refractivity contribution is 0.164. The van der Waals surface area contributed by atoms with Gasteiger partial charge < -0.3 is 15.5 Å². The minimum Gasteiger partial charge on any atom is -0.394 e. The summed E-state index contributed by atoms with van der Waals surface area (Å²) in [5.74, 6) is 0. The lowest BCUT2D eigenvalue weighted by atomic mass is 10.2. The molecular weight excluding hydrogens is 258 g/mol. The summed E-state index contributed by atoms with van der Waals surface area (Å²) in [5, 5.41) is 25.0. The highest BCUT2D eigenvalue weighted by atomic mass is 35.5. The van der Waals surface area contributed by atoms with Gasteiger partial charge in [0.15, 0.2) is 0 Å². The quantitative estimate of drug-likeness (QED) is 0.673. The summed E-state index contributed by atoms with van der Waals surface area (Å²) >= 11 is 5.90. The fourth-order valence-corrected chi connectivity index (χ4v) is 1.63. The van der Waals surface area contributed by atoms with Crippen LogP contribution in [0.15, 0.2) is 11.0 Å². The minimum atomic E-state index is -0.438. The van der Waals surface area contributed by atoms with E-state index in [1.165, 1.54) is 6.20 Å². The first-order valence-corrected chi connectivity index (χ1v) is 6.26. The number of aromatic nitrogens is 2. The van der Waals surface area contributed by atoms with Crippen LogP contribution in [0.2, 0.25) is 5.02 Å². The number of rotatable bonds is 7. The topological polar surface area (TPSA) is 87.4 Å². The minimum absolute atomic E-state index is 0.0458. The van der Waals surface area contributed by atoms with Gasteiger partial charge in [0, 0.05) is 6.54 Å². The Morgan fingerprint density at radius 2 is 2.33 bits per heavy atom. The molecule has 3 N–H and O–H groups in total. The van der Waals surface area contributed by atoms with Crippen molar-refractivity contribution in [1.82, 2.24) is 9.78 Å². The molecule has 7 heteroatoms. The lowest BCUT2D eigenvalue weighted by Crippen LogP contribution is -2.26. The summed E-state index contributed by atoms with van der Waals surface area (Å²) in [7, 11) is 0. The predicted molar refractivity (Wildman–Crippen MR) is 70.0 cm³/mol. The molecule has 0 aliphatic heterocycles. The van der Waals surface area contributed by atoms with Crippen LogP contribution in [-0.4, -0.2) is 39.2 Å². The molecule has 0 bridgehead atoms. The molecule has 102 valence electrons. The van der Waals surface area contributed by atoms with Crippen molar-refractivity contribution >= 4 is 17.3 Å². The number of anilines is 1. The maximum atomic E-state index is 11.7. The Kier molecular flexibility index (Phi) is 6.11. The van der Waals surface area contributed by atoms with Crippen molar-refractivity contribution in [3.05, 3.63) is 21.6 Å². The van der Waals surface area contributed by atoms with Gasteiger partial charge in [-0.3, -0.25) is 4.79 Å². The van der Waals surface area contributed by atoms with Crippen molar-refractivity contribution in [3.8, 4) is 0 Å². The molecule has 0 aliphatic carbocycles. The van der Waals surface area contributed by atoms with Crippen LogP contribution in [0.4, 0.5) is 5.69 Å². The van der Waals surface area contributed by atoms with Gasteiger partial charge in [-0.25, -0.2) is 4.68 Å². The molecule has 18 heavy (non-hydrogen) atoms. The molecule has 0 spiro atoms. The van der Waals surface area contributed by atoms with E-state index in [0.29, 0.717) is 25.1 Å². The Morgan fingerprint density at radius 3 is 2.94 bits per heavy atom. The average molecular weight is 276 g/mol. The number of halogens is 1. The number of hydrogen-bond acceptors (Lipinski definition) is 5. The van der Waals surface area contributed by atoms with E-state index in [0.717, 1.165) is 4.68 Å². The van der Waals surface area contributed by atoms with Crippen LogP contribution in [0.1, 0.15) is 19.8 Å². The second-order valence-electron chi connectivity index (χ2n) is 3.90. The number of nitrogens with one attached hydrogen (secondary N) is 1. The molecule has 1 atom stereocenters. The van der Waals surface area contributed by atoms with Gasteiger partial charge in [0.2, 0.25) is 0 Å². The van der Waals surface area contributed by atoms with Crippen molar-refractivity contribution in [2.75, 3.05) is 18.5 Å². The Bertz CT molecular complexity index is 436. The summed E-state index contributed by atoms with van der Waals surface area (Å²) < 4.78 is 1.11. The van der Waals surface area contributed by atoms with Crippen LogP contribution in [0, 0.1) is 0 Å². The summed E-state index contributed by atoms with van der Waals surface area (Å²) in [5.41, 5.74) is 0.00548. The average Bonchev–Trinajstić information content (AvgIpc) is 2.37. The molecule has 0 saturated carbocycles. The lowest BCUT2D eigenvalue weighted by Gasteiger charge is -2.11. The first-order chi connectivity index (χ1) is 8.60. The van der Waals surface area contributed by atoms with Gasteiger partial charge in [0.25, 0.3) is 5.56 Å². The highest BCUT2D eigenvalue weighted by molar-refractivity contribution is 6.32. The van der Waals surface area contributed by atoms with Crippen LogP contribution < -0.4 is 10.9 Å². The zero-order valence-corrected chi connectivity index (χ0v) is 11.0. The third-order valence-electron chi connectivity index (χ3n) is 2.56. The molecule has 1 heterocycles. The maximum absolute atomic E-state index is 11.7. The van der Waals surface area contributed by atoms with Gasteiger partial charge in [0.1, 0.15) is 5.02 Å². The first-order valence-electron chi connectivity index (χ1n) is 5.88. The standard InChI is InChI=1S/C11H18ClN3O3/c1-2-8(17)3-4-13-9-7-14-15(5-6-16)11(18)10(9)12/h7-8,13,16-17H,2-6H2,1H3. The third-order valence-corrected chi connectivity index (χ3v) is 2.93. The van der Waals surface area contributed by atoms with Crippen molar-refractivity contribution in [2.45, 2.75) is 32.4 Å². The monoisotopic (exact) mass is 275 g/mol. The fraction of sp³-hybridized carbons (Fsp3) is 0.636. The zero-order chi connectivity index (χ0) is 13.5. The molecule has 1 aromatic heterocycles. The van der Waals surface area contributed by atoms with Gasteiger partial charge in [-0.2, -0.15) is 5.10 Å². The number of aliphatic hydroxyl groups is 2. The Balaban J connectivity index is 2.68. The molecule has 1 rings (SSSR count). The van der Waals surface area contributed by atoms with Gasteiger partial charge in [-0.15, -0.1) is 0 Å². The summed E-state index contributed by atoms with van der Waals surface area (Å²) in [4.78, 5) is 11.7. The normalized spacial score (nSPS) is 12.4. The molecule has 0 aliphatic rings. The van der Waals surface area contributed by atoms with E-state index in [4.69, 9.17) is 16.7 Å². The van der Waals surface area contributed by atoms with E-state index >= 15 is 0 Å². The summed E-state index contributed by atoms with van der Waals surface area (Å²) in [6, 6.07) is 0. The molecule has 1 aromatic rings. The SMILES string of the molecule is CCC(O)CCNc1cnn(CCO)c(=O)c1Cl. The smallest absolute Gasteiger partial charge is 0.287 e. The van der Waals surface area contributed by atoms with E-state index in [2.05, 4.69) is 10.4 Å². The largest absolute Gasteiger partial charge is 0.394 e. The maximum Gasteiger partial charge on any atom is 0.287 e. The molecule has 0 fully saturated rings. The van der Waals surface area contributed by atoms with Crippen LogP contribution in [0.25, 0.3) is 0 Å². The van der Waals surface area contributed by atoms with Crippen LogP contribution in [0.5, 0.6) is 0 Å². The van der Waals surface area contributed by atoms with E-state index in [-0.39, 0.29) is 24.3 Å². The number of hydrogen-bond donors (Lipinski definition) is 3. The number of aliphatic hydroxyl groups excluding tert-OH is 2. The van der Waals surface area contributed by atoms with Crippen molar-refractivity contribution < 1.29 is 10.2 Å². The number of nitrogens with zero attached hydrogens (tertiary/aromatic N) is 2. The van der Waals surface area contributed by atoms with E-state index in [1.807, 2.05) is 6.92 Å². The van der Waals surface area contributed by atoms with Gasteiger partial charge in [-0.05, 0) is 12.8 Å². The molecule has 6 nitrogen and oxygen atoms in total. The third kappa shape index (κ3) is 3.97. The predicted octanol–water partition coefficient (Wildman–Crippen LogP) is 0.462.